The molecule has 0 spiro atoms. The zero-order chi connectivity index (χ0) is 24.7. The second-order valence-corrected chi connectivity index (χ2v) is 8.25. The summed E-state index contributed by atoms with van der Waals surface area (Å²) in [6, 6.07) is 2.55. The van der Waals surface area contributed by atoms with Crippen LogP contribution >= 0.6 is 11.6 Å². The van der Waals surface area contributed by atoms with Crippen molar-refractivity contribution in [2.45, 2.75) is 6.04 Å². The fourth-order valence-corrected chi connectivity index (χ4v) is 4.34. The summed E-state index contributed by atoms with van der Waals surface area (Å²) in [5.41, 5.74) is 2.47. The number of nitrogens with one attached hydrogen (secondary N) is 1. The number of hydrogen-bond donors (Lipinski definition) is 2. The van der Waals surface area contributed by atoms with Crippen LogP contribution in [0.25, 0.3) is 44.6 Å². The summed E-state index contributed by atoms with van der Waals surface area (Å²) in [5, 5.41) is 11.5. The number of aromatic amines is 1. The molecule has 10 heteroatoms. The van der Waals surface area contributed by atoms with Gasteiger partial charge in [0, 0.05) is 58.4 Å². The molecule has 0 unspecified atom stereocenters. The van der Waals surface area contributed by atoms with Gasteiger partial charge in [-0.2, -0.15) is 0 Å². The first-order valence-corrected chi connectivity index (χ1v) is 10.9. The maximum atomic E-state index is 14.7. The fourth-order valence-electron chi connectivity index (χ4n) is 4.18. The van der Waals surface area contributed by atoms with Gasteiger partial charge in [-0.05, 0) is 12.1 Å². The summed E-state index contributed by atoms with van der Waals surface area (Å²) in [7, 11) is 0. The molecule has 5 rings (SSSR count). The van der Waals surface area contributed by atoms with E-state index in [1.165, 1.54) is 24.5 Å². The topological polar surface area (TPSA) is 110 Å². The number of fused-ring (bicyclic) bond motifs is 2. The minimum Gasteiger partial charge on any atom is -0.481 e. The van der Waals surface area contributed by atoms with Crippen molar-refractivity contribution in [2.75, 3.05) is 0 Å². The van der Waals surface area contributed by atoms with Crippen molar-refractivity contribution in [3.05, 3.63) is 85.5 Å². The van der Waals surface area contributed by atoms with E-state index in [1.54, 1.807) is 35.3 Å². The van der Waals surface area contributed by atoms with Gasteiger partial charge in [-0.1, -0.05) is 23.8 Å². The van der Waals surface area contributed by atoms with Crippen molar-refractivity contribution >= 4 is 39.6 Å². The fraction of sp³-hybridized carbons (Fsp3) is 0.0800. The Bertz CT molecular complexity index is 1630. The van der Waals surface area contributed by atoms with Crippen LogP contribution in [-0.4, -0.2) is 40.6 Å². The monoisotopic (exact) mass is 488 g/mol. The second-order valence-electron chi connectivity index (χ2n) is 7.81. The minimum absolute atomic E-state index is 0.288. The molecule has 0 aliphatic heterocycles. The SMILES string of the molecule is C=C[C@H](C(=O)O)[C@H](C=C)n1cc(-c2ccncc2F)c2cnc(-c3c[nH]c4ncc(Cl)cc34)nc21. The molecule has 2 atom stereocenters. The molecule has 174 valence electrons. The summed E-state index contributed by atoms with van der Waals surface area (Å²) in [6.07, 6.45) is 11.9. The van der Waals surface area contributed by atoms with Crippen LogP contribution in [0.4, 0.5) is 4.39 Å². The Kier molecular flexibility index (Phi) is 5.62. The van der Waals surface area contributed by atoms with Gasteiger partial charge in [0.25, 0.3) is 0 Å². The number of carboxylic acids is 1. The molecular formula is C25H18ClFN6O2. The molecule has 0 aromatic carbocycles. The predicted octanol–water partition coefficient (Wildman–Crippen LogP) is 5.44. The van der Waals surface area contributed by atoms with Gasteiger partial charge in [-0.3, -0.25) is 9.78 Å². The number of nitrogens with zero attached hydrogens (tertiary/aromatic N) is 5. The van der Waals surface area contributed by atoms with Crippen molar-refractivity contribution in [1.29, 1.82) is 0 Å². The number of carbonyl (C=O) groups is 1. The first kappa shape index (κ1) is 22.4. The van der Waals surface area contributed by atoms with Crippen molar-refractivity contribution in [2.24, 2.45) is 5.92 Å². The van der Waals surface area contributed by atoms with E-state index in [0.717, 1.165) is 11.6 Å². The molecule has 0 aliphatic carbocycles. The molecule has 0 aliphatic rings. The summed E-state index contributed by atoms with van der Waals surface area (Å²) < 4.78 is 16.4. The summed E-state index contributed by atoms with van der Waals surface area (Å²) >= 11 is 6.14. The minimum atomic E-state index is -1.07. The molecular weight excluding hydrogens is 471 g/mol. The highest BCUT2D eigenvalue weighted by Crippen LogP contribution is 2.36. The molecule has 2 N–H and O–H groups in total. The number of hydrogen-bond acceptors (Lipinski definition) is 5. The zero-order valence-corrected chi connectivity index (χ0v) is 18.9. The molecule has 0 radical (unpaired) electrons. The maximum Gasteiger partial charge on any atom is 0.312 e. The highest BCUT2D eigenvalue weighted by molar-refractivity contribution is 6.31. The van der Waals surface area contributed by atoms with Gasteiger partial charge >= 0.3 is 5.97 Å². The number of pyridine rings is 2. The first-order chi connectivity index (χ1) is 16.9. The van der Waals surface area contributed by atoms with Gasteiger partial charge < -0.3 is 14.7 Å². The van der Waals surface area contributed by atoms with Crippen molar-refractivity contribution in [1.82, 2.24) is 29.5 Å². The molecule has 0 amide bonds. The molecule has 5 heterocycles. The third-order valence-corrected chi connectivity index (χ3v) is 6.05. The first-order valence-electron chi connectivity index (χ1n) is 10.5. The average molecular weight is 489 g/mol. The number of halogens is 2. The van der Waals surface area contributed by atoms with E-state index in [0.29, 0.717) is 38.7 Å². The molecule has 5 aromatic rings. The van der Waals surface area contributed by atoms with Crippen LogP contribution in [0.5, 0.6) is 0 Å². The van der Waals surface area contributed by atoms with Gasteiger partial charge in [-0.15, -0.1) is 13.2 Å². The van der Waals surface area contributed by atoms with Crippen LogP contribution in [-0.2, 0) is 4.79 Å². The number of carboxylic acid groups (broad SMARTS) is 1. The van der Waals surface area contributed by atoms with E-state index < -0.39 is 23.7 Å². The summed E-state index contributed by atoms with van der Waals surface area (Å²) in [4.78, 5) is 32.4. The van der Waals surface area contributed by atoms with E-state index >= 15 is 0 Å². The number of aliphatic carboxylic acids is 1. The Labute approximate surface area is 203 Å². The lowest BCUT2D eigenvalue weighted by molar-refractivity contribution is -0.140. The smallest absolute Gasteiger partial charge is 0.312 e. The molecule has 0 saturated carbocycles. The van der Waals surface area contributed by atoms with Crippen molar-refractivity contribution < 1.29 is 14.3 Å². The Morgan fingerprint density at radius 2 is 1.97 bits per heavy atom. The normalized spacial score (nSPS) is 13.1. The average Bonchev–Trinajstić information content (AvgIpc) is 3.43. The van der Waals surface area contributed by atoms with Gasteiger partial charge in [0.2, 0.25) is 0 Å². The van der Waals surface area contributed by atoms with Gasteiger partial charge in [0.05, 0.1) is 23.2 Å². The van der Waals surface area contributed by atoms with Crippen molar-refractivity contribution in [3.63, 3.8) is 0 Å². The predicted molar refractivity (Wildman–Crippen MR) is 131 cm³/mol. The molecule has 0 saturated heterocycles. The molecule has 8 nitrogen and oxygen atoms in total. The Morgan fingerprint density at radius 3 is 2.69 bits per heavy atom. The zero-order valence-electron chi connectivity index (χ0n) is 18.2. The van der Waals surface area contributed by atoms with Crippen molar-refractivity contribution in [3.8, 4) is 22.5 Å². The van der Waals surface area contributed by atoms with Gasteiger partial charge in [-0.25, -0.2) is 19.3 Å². The molecule has 0 bridgehead atoms. The van der Waals surface area contributed by atoms with E-state index in [2.05, 4.69) is 33.1 Å². The van der Waals surface area contributed by atoms with Crippen LogP contribution in [0.3, 0.4) is 0 Å². The molecule has 0 fully saturated rings. The summed E-state index contributed by atoms with van der Waals surface area (Å²) in [6.45, 7) is 7.50. The van der Waals surface area contributed by atoms with Crippen LogP contribution < -0.4 is 0 Å². The van der Waals surface area contributed by atoms with E-state index in [1.807, 2.05) is 0 Å². The van der Waals surface area contributed by atoms with Crippen LogP contribution in [0.1, 0.15) is 6.04 Å². The lowest BCUT2D eigenvalue weighted by atomic mass is 10.00. The van der Waals surface area contributed by atoms with Gasteiger partial charge in [0.15, 0.2) is 5.82 Å². The molecule has 35 heavy (non-hydrogen) atoms. The second kappa shape index (κ2) is 8.77. The third kappa shape index (κ3) is 3.75. The highest BCUT2D eigenvalue weighted by Gasteiger charge is 2.28. The number of aromatic nitrogens is 6. The van der Waals surface area contributed by atoms with Crippen LogP contribution in [0.15, 0.2) is 74.6 Å². The highest BCUT2D eigenvalue weighted by atomic mass is 35.5. The van der Waals surface area contributed by atoms with Crippen LogP contribution in [0.2, 0.25) is 5.02 Å². The largest absolute Gasteiger partial charge is 0.481 e. The standard InChI is InChI=1S/C25H18ClFN6O2/c1-3-14(25(34)35)21(4-2)33-12-19(15-5-6-28-11-20(15)27)18-10-31-23(32-24(18)33)17-9-30-22-16(17)7-13(26)8-29-22/h3-12,14,21H,1-2H2,(H,29,30)(H,34,35)/t14-,21-/m0/s1. The number of rotatable bonds is 7. The lowest BCUT2D eigenvalue weighted by Crippen LogP contribution is -2.23. The van der Waals surface area contributed by atoms with E-state index in [4.69, 9.17) is 16.6 Å². The molecule has 5 aromatic heterocycles. The van der Waals surface area contributed by atoms with E-state index in [-0.39, 0.29) is 5.56 Å². The Balaban J connectivity index is 1.79. The van der Waals surface area contributed by atoms with Gasteiger partial charge in [0.1, 0.15) is 17.1 Å². The quantitative estimate of drug-likeness (QED) is 0.295. The lowest BCUT2D eigenvalue weighted by Gasteiger charge is -2.20. The van der Waals surface area contributed by atoms with E-state index in [9.17, 15) is 14.3 Å². The Morgan fingerprint density at radius 1 is 1.14 bits per heavy atom. The number of H-pyrrole nitrogens is 1. The number of allylic oxidation sites excluding steroid dienone is 1. The third-order valence-electron chi connectivity index (χ3n) is 5.84. The summed E-state index contributed by atoms with van der Waals surface area (Å²) in [5.74, 6) is -2.23. The van der Waals surface area contributed by atoms with Crippen LogP contribution in [0, 0.1) is 11.7 Å². The maximum absolute atomic E-state index is 14.7. The Hall–Kier alpha value is -4.37.